The molecule has 2 heterocycles. The highest BCUT2D eigenvalue weighted by Crippen LogP contribution is 2.62. The van der Waals surface area contributed by atoms with Gasteiger partial charge < -0.3 is 20.1 Å². The van der Waals surface area contributed by atoms with Gasteiger partial charge in [0.2, 0.25) is 11.8 Å². The first kappa shape index (κ1) is 34.3. The van der Waals surface area contributed by atoms with Gasteiger partial charge in [0.15, 0.2) is 17.1 Å². The van der Waals surface area contributed by atoms with Gasteiger partial charge in [0.05, 0.1) is 56.4 Å². The van der Waals surface area contributed by atoms with Crippen molar-refractivity contribution in [3.8, 4) is 52.0 Å². The molecule has 3 aromatic rings. The largest absolute Gasteiger partial charge is 0.437 e. The molecule has 0 bridgehead atoms. The zero-order chi connectivity index (χ0) is 36.4. The fraction of sp³-hybridized carbons (Fsp3) is 0.167. The van der Waals surface area contributed by atoms with Crippen molar-refractivity contribution in [2.24, 2.45) is 0 Å². The van der Waals surface area contributed by atoms with Crippen molar-refractivity contribution in [3.63, 3.8) is 0 Å². The summed E-state index contributed by atoms with van der Waals surface area (Å²) in [6.45, 7) is 1.11. The molecule has 19 heteroatoms. The van der Waals surface area contributed by atoms with Crippen LogP contribution in [0, 0.1) is 34.0 Å². The normalized spacial score (nSPS) is 15.0. The number of alkyl halides is 12. The van der Waals surface area contributed by atoms with Gasteiger partial charge >= 0.3 is 24.7 Å². The highest BCUT2D eigenvalue weighted by Gasteiger charge is 2.45. The van der Waals surface area contributed by atoms with E-state index in [1.165, 1.54) is 12.1 Å². The number of halogens is 12. The molecule has 7 nitrogen and oxygen atoms in total. The zero-order valence-electron chi connectivity index (χ0n) is 23.7. The summed E-state index contributed by atoms with van der Waals surface area (Å²) in [4.78, 5) is 0. The number of nitrogens with one attached hydrogen (secondary N) is 2. The zero-order valence-corrected chi connectivity index (χ0v) is 23.7. The number of benzene rings is 3. The standard InChI is InChI=1S/C30H11F12N5O2/c1-11(8-43)25-46-21-19(15-4-2-13(27(31,32)33)6-17(15)29(37,38)39)24-22(47-26(49-24)12(9-44)10-45)20(23(21)48-25)16-5-3-14(28(34,35)36)7-18(16)30(40,41)42/h2-7,46-47H,1H3/b25-11-. The second-order valence-corrected chi connectivity index (χ2v) is 10.1. The van der Waals surface area contributed by atoms with Gasteiger partial charge in [0.25, 0.3) is 0 Å². The predicted molar refractivity (Wildman–Crippen MR) is 142 cm³/mol. The molecule has 0 spiro atoms. The number of hydrogen-bond acceptors (Lipinski definition) is 7. The van der Waals surface area contributed by atoms with Gasteiger partial charge in [-0.15, -0.1) is 0 Å². The van der Waals surface area contributed by atoms with Crippen LogP contribution in [0.4, 0.5) is 64.1 Å². The van der Waals surface area contributed by atoms with Crippen LogP contribution >= 0.6 is 0 Å². The molecule has 0 unspecified atom stereocenters. The van der Waals surface area contributed by atoms with Gasteiger partial charge in [-0.2, -0.15) is 68.5 Å². The van der Waals surface area contributed by atoms with Crippen LogP contribution < -0.4 is 20.1 Å². The van der Waals surface area contributed by atoms with Crippen molar-refractivity contribution in [1.82, 2.24) is 0 Å². The van der Waals surface area contributed by atoms with E-state index in [4.69, 9.17) is 9.47 Å². The molecule has 0 saturated heterocycles. The van der Waals surface area contributed by atoms with E-state index < -0.39 is 109 Å². The van der Waals surface area contributed by atoms with E-state index >= 15 is 0 Å². The number of hydrogen-bond donors (Lipinski definition) is 2. The van der Waals surface area contributed by atoms with Gasteiger partial charge in [0, 0.05) is 0 Å². The maximum atomic E-state index is 14.4. The Labute approximate surface area is 265 Å². The Balaban J connectivity index is 2.01. The molecule has 0 atom stereocenters. The van der Waals surface area contributed by atoms with Gasteiger partial charge in [-0.1, -0.05) is 12.1 Å². The topological polar surface area (TPSA) is 114 Å². The number of fused-ring (bicyclic) bond motifs is 2. The van der Waals surface area contributed by atoms with Crippen molar-refractivity contribution >= 4 is 11.4 Å². The summed E-state index contributed by atoms with van der Waals surface area (Å²) >= 11 is 0. The van der Waals surface area contributed by atoms with Crippen molar-refractivity contribution in [2.75, 3.05) is 10.6 Å². The lowest BCUT2D eigenvalue weighted by atomic mass is 9.88. The fourth-order valence-electron chi connectivity index (χ4n) is 4.95. The van der Waals surface area contributed by atoms with Crippen molar-refractivity contribution in [1.29, 1.82) is 15.8 Å². The van der Waals surface area contributed by atoms with E-state index in [9.17, 15) is 68.5 Å². The summed E-state index contributed by atoms with van der Waals surface area (Å²) in [5.74, 6) is -3.15. The molecule has 0 saturated carbocycles. The lowest BCUT2D eigenvalue weighted by Crippen LogP contribution is -2.13. The number of anilines is 2. The van der Waals surface area contributed by atoms with Crippen LogP contribution in [0.3, 0.4) is 0 Å². The molecular formula is C30H11F12N5O2. The Morgan fingerprint density at radius 2 is 0.959 bits per heavy atom. The Morgan fingerprint density at radius 3 is 1.31 bits per heavy atom. The summed E-state index contributed by atoms with van der Waals surface area (Å²) in [6, 6.07) is 5.18. The van der Waals surface area contributed by atoms with Crippen molar-refractivity contribution in [2.45, 2.75) is 31.6 Å². The van der Waals surface area contributed by atoms with E-state index in [1.54, 1.807) is 6.07 Å². The number of rotatable bonds is 2. The van der Waals surface area contributed by atoms with E-state index in [0.717, 1.165) is 6.92 Å². The summed E-state index contributed by atoms with van der Waals surface area (Å²) in [6.07, 6.45) is -21.6. The Morgan fingerprint density at radius 1 is 0.571 bits per heavy atom. The number of allylic oxidation sites excluding steroid dienone is 2. The quantitative estimate of drug-likeness (QED) is 0.202. The lowest BCUT2D eigenvalue weighted by molar-refractivity contribution is -0.144. The van der Waals surface area contributed by atoms with Crippen molar-refractivity contribution in [3.05, 3.63) is 81.6 Å². The van der Waals surface area contributed by atoms with E-state index in [2.05, 4.69) is 10.6 Å². The van der Waals surface area contributed by atoms with Crippen molar-refractivity contribution < 1.29 is 62.2 Å². The maximum absolute atomic E-state index is 14.4. The van der Waals surface area contributed by atoms with Gasteiger partial charge in [-0.05, 0) is 42.3 Å². The number of nitrogens with zero attached hydrogens (tertiary/aromatic N) is 3. The van der Waals surface area contributed by atoms with Gasteiger partial charge in [-0.25, -0.2) is 0 Å². The first-order valence-corrected chi connectivity index (χ1v) is 13.0. The van der Waals surface area contributed by atoms with Crippen LogP contribution in [-0.4, -0.2) is 0 Å². The third-order valence-corrected chi connectivity index (χ3v) is 7.10. The van der Waals surface area contributed by atoms with Crippen LogP contribution in [0.2, 0.25) is 0 Å². The molecule has 49 heavy (non-hydrogen) atoms. The highest BCUT2D eigenvalue weighted by atomic mass is 19.4. The highest BCUT2D eigenvalue weighted by molar-refractivity contribution is 6.06. The van der Waals surface area contributed by atoms with Crippen LogP contribution in [0.25, 0.3) is 22.3 Å². The van der Waals surface area contributed by atoms with E-state index in [0.29, 0.717) is 12.1 Å². The molecule has 0 amide bonds. The molecule has 0 aromatic heterocycles. The molecule has 2 N–H and O–H groups in total. The first-order valence-electron chi connectivity index (χ1n) is 13.0. The van der Waals surface area contributed by atoms with E-state index in [-0.39, 0.29) is 29.8 Å². The average Bonchev–Trinajstić information content (AvgIpc) is 3.63. The number of nitriles is 3. The Hall–Kier alpha value is -6.03. The fourth-order valence-corrected chi connectivity index (χ4v) is 4.95. The smallest absolute Gasteiger partial charge is 0.417 e. The van der Waals surface area contributed by atoms with Gasteiger partial charge in [-0.3, -0.25) is 0 Å². The van der Waals surface area contributed by atoms with Crippen LogP contribution in [-0.2, 0) is 24.7 Å². The minimum atomic E-state index is -5.53. The average molecular weight is 701 g/mol. The molecule has 0 fully saturated rings. The third kappa shape index (κ3) is 5.97. The summed E-state index contributed by atoms with van der Waals surface area (Å²) in [5.41, 5.74) is -13.9. The molecule has 2 aliphatic rings. The van der Waals surface area contributed by atoms with Crippen LogP contribution in [0.1, 0.15) is 29.2 Å². The Kier molecular flexibility index (Phi) is 7.91. The summed E-state index contributed by atoms with van der Waals surface area (Å²) in [7, 11) is 0. The molecule has 2 aliphatic heterocycles. The second kappa shape index (κ2) is 11.3. The molecule has 3 aromatic carbocycles. The monoisotopic (exact) mass is 701 g/mol. The van der Waals surface area contributed by atoms with Crippen LogP contribution in [0.15, 0.2) is 59.3 Å². The molecule has 252 valence electrons. The lowest BCUT2D eigenvalue weighted by Gasteiger charge is -2.22. The molecule has 0 aliphatic carbocycles. The minimum absolute atomic E-state index is 0.248. The second-order valence-electron chi connectivity index (χ2n) is 10.1. The molecule has 0 radical (unpaired) electrons. The third-order valence-electron chi connectivity index (χ3n) is 7.10. The molecular weight excluding hydrogens is 690 g/mol. The predicted octanol–water partition coefficient (Wildman–Crippen LogP) is 9.72. The van der Waals surface area contributed by atoms with Gasteiger partial charge in [0.1, 0.15) is 12.1 Å². The summed E-state index contributed by atoms with van der Waals surface area (Å²) in [5, 5.41) is 33.0. The maximum Gasteiger partial charge on any atom is 0.417 e. The van der Waals surface area contributed by atoms with E-state index in [1.807, 2.05) is 0 Å². The first-order chi connectivity index (χ1) is 22.6. The SMILES string of the molecule is C/C(C#N)=C1\Nc2c(c(-c3ccc(C(F)(F)F)cc3C(F)(F)F)c3c(c2-c2ccc(C(F)(F)F)cc2C(F)(F)F)OC(=C(C#N)C#N)N3)O1. The summed E-state index contributed by atoms with van der Waals surface area (Å²) < 4.78 is 179. The Bertz CT molecular complexity index is 1990. The number of ether oxygens (including phenoxy) is 2. The molecule has 5 rings (SSSR count). The minimum Gasteiger partial charge on any atom is -0.437 e. The van der Waals surface area contributed by atoms with Crippen LogP contribution in [0.5, 0.6) is 11.5 Å².